The number of likely N-dealkylation sites (tertiary alicyclic amines) is 1. The number of hydrogen-bond donors (Lipinski definition) is 2. The fourth-order valence-electron chi connectivity index (χ4n) is 4.12. The van der Waals surface area contributed by atoms with E-state index in [9.17, 15) is 9.59 Å². The fourth-order valence-corrected chi connectivity index (χ4v) is 4.87. The van der Waals surface area contributed by atoms with E-state index in [1.54, 1.807) is 59.2 Å². The molecule has 4 aromatic heterocycles. The highest BCUT2D eigenvalue weighted by molar-refractivity contribution is 7.13. The van der Waals surface area contributed by atoms with Crippen molar-refractivity contribution in [2.24, 2.45) is 0 Å². The van der Waals surface area contributed by atoms with Crippen LogP contribution in [0.1, 0.15) is 23.2 Å². The van der Waals surface area contributed by atoms with Crippen LogP contribution in [0.2, 0.25) is 0 Å². The Bertz CT molecular complexity index is 1420. The number of aromatic nitrogens is 4. The molecule has 1 aliphatic heterocycles. The molecule has 5 rings (SSSR count). The van der Waals surface area contributed by atoms with Gasteiger partial charge < -0.3 is 14.4 Å². The molecule has 194 valence electrons. The van der Waals surface area contributed by atoms with E-state index >= 15 is 0 Å². The van der Waals surface area contributed by atoms with E-state index in [1.807, 2.05) is 12.1 Å². The van der Waals surface area contributed by atoms with E-state index in [4.69, 9.17) is 9.47 Å². The topological polar surface area (TPSA) is 131 Å². The number of rotatable bonds is 8. The molecule has 11 nitrogen and oxygen atoms in total. The zero-order chi connectivity index (χ0) is 26.3. The van der Waals surface area contributed by atoms with Crippen LogP contribution in [0.4, 0.5) is 16.4 Å². The molecule has 2 N–H and O–H groups in total. The second-order valence-electron chi connectivity index (χ2n) is 8.38. The van der Waals surface area contributed by atoms with Gasteiger partial charge in [0.1, 0.15) is 28.8 Å². The number of hydrogen-bond acceptors (Lipinski definition) is 9. The second-order valence-corrected chi connectivity index (χ2v) is 9.24. The Morgan fingerprint density at radius 1 is 1.05 bits per heavy atom. The van der Waals surface area contributed by atoms with Crippen molar-refractivity contribution >= 4 is 34.9 Å². The molecule has 0 spiro atoms. The third kappa shape index (κ3) is 5.86. The molecule has 0 bridgehead atoms. The molecular formula is C26H25N7O4S. The molecule has 1 aliphatic rings. The minimum absolute atomic E-state index is 0.117. The van der Waals surface area contributed by atoms with Gasteiger partial charge in [0.2, 0.25) is 11.8 Å². The van der Waals surface area contributed by atoms with Gasteiger partial charge in [0.15, 0.2) is 0 Å². The van der Waals surface area contributed by atoms with Crippen LogP contribution in [-0.2, 0) is 0 Å². The van der Waals surface area contributed by atoms with E-state index in [0.29, 0.717) is 35.5 Å². The van der Waals surface area contributed by atoms with Crippen LogP contribution in [0.15, 0.2) is 66.4 Å². The van der Waals surface area contributed by atoms with Gasteiger partial charge in [-0.3, -0.25) is 20.4 Å². The molecule has 1 atom stereocenters. The van der Waals surface area contributed by atoms with Gasteiger partial charge in [0.25, 0.3) is 5.91 Å². The quantitative estimate of drug-likeness (QED) is 0.343. The summed E-state index contributed by atoms with van der Waals surface area (Å²) < 4.78 is 11.2. The summed E-state index contributed by atoms with van der Waals surface area (Å²) in [6.07, 6.45) is 6.65. The van der Waals surface area contributed by atoms with Crippen molar-refractivity contribution in [3.63, 3.8) is 0 Å². The summed E-state index contributed by atoms with van der Waals surface area (Å²) in [6, 6.07) is 11.6. The normalized spacial score (nSPS) is 14.7. The van der Waals surface area contributed by atoms with Gasteiger partial charge in [-0.05, 0) is 43.2 Å². The van der Waals surface area contributed by atoms with Crippen molar-refractivity contribution in [1.82, 2.24) is 24.8 Å². The van der Waals surface area contributed by atoms with E-state index in [0.717, 1.165) is 23.4 Å². The van der Waals surface area contributed by atoms with E-state index < -0.39 is 6.03 Å². The van der Waals surface area contributed by atoms with Crippen molar-refractivity contribution < 1.29 is 19.1 Å². The minimum atomic E-state index is -0.473. The van der Waals surface area contributed by atoms with Gasteiger partial charge in [0, 0.05) is 42.1 Å². The number of nitrogens with zero attached hydrogens (tertiary/aromatic N) is 5. The molecule has 1 saturated heterocycles. The Morgan fingerprint density at radius 3 is 2.74 bits per heavy atom. The Balaban J connectivity index is 1.17. The Morgan fingerprint density at radius 2 is 1.89 bits per heavy atom. The maximum Gasteiger partial charge on any atom is 0.326 e. The number of amides is 3. The Kier molecular flexibility index (Phi) is 7.69. The summed E-state index contributed by atoms with van der Waals surface area (Å²) >= 11 is 1.42. The third-order valence-electron chi connectivity index (χ3n) is 5.89. The highest BCUT2D eigenvalue weighted by atomic mass is 32.1. The van der Waals surface area contributed by atoms with Crippen molar-refractivity contribution in [3.05, 3.63) is 72.0 Å². The van der Waals surface area contributed by atoms with Crippen molar-refractivity contribution in [2.45, 2.75) is 18.9 Å². The van der Waals surface area contributed by atoms with Crippen LogP contribution in [-0.4, -0.2) is 63.1 Å². The average molecular weight is 532 g/mol. The average Bonchev–Trinajstić information content (AvgIpc) is 3.62. The first-order valence-corrected chi connectivity index (χ1v) is 12.8. The molecule has 4 aromatic rings. The van der Waals surface area contributed by atoms with E-state index in [-0.39, 0.29) is 18.6 Å². The first-order valence-electron chi connectivity index (χ1n) is 11.9. The standard InChI is InChI=1S/C26H25N7O4S/c1-36-23-19(6-3-11-28-23)25(34)33-14-4-5-18(33)15-37-22-8-2-7-20(29-22)31-26(35)32-21-16-38-24(30-21)17-9-12-27-13-10-17/h2-3,6-13,16,18H,4-5,14-15H2,1H3,(H2,29,31,32,35). The van der Waals surface area contributed by atoms with Crippen LogP contribution in [0, 0.1) is 0 Å². The maximum absolute atomic E-state index is 13.1. The van der Waals surface area contributed by atoms with Crippen LogP contribution in [0.25, 0.3) is 10.6 Å². The van der Waals surface area contributed by atoms with Crippen LogP contribution < -0.4 is 20.1 Å². The zero-order valence-corrected chi connectivity index (χ0v) is 21.4. The molecule has 5 heterocycles. The summed E-state index contributed by atoms with van der Waals surface area (Å²) in [7, 11) is 1.49. The number of urea groups is 1. The molecule has 0 saturated carbocycles. The maximum atomic E-state index is 13.1. The molecule has 12 heteroatoms. The second kappa shape index (κ2) is 11.6. The molecule has 0 aliphatic carbocycles. The van der Waals surface area contributed by atoms with Gasteiger partial charge >= 0.3 is 6.03 Å². The molecule has 3 amide bonds. The first kappa shape index (κ1) is 25.1. The number of carbonyl (C=O) groups is 2. The fraction of sp³-hybridized carbons (Fsp3) is 0.231. The number of thiazole rings is 1. The van der Waals surface area contributed by atoms with Gasteiger partial charge in [-0.1, -0.05) is 6.07 Å². The van der Waals surface area contributed by atoms with Crippen LogP contribution >= 0.6 is 11.3 Å². The molecular weight excluding hydrogens is 506 g/mol. The summed E-state index contributed by atoms with van der Waals surface area (Å²) in [6.45, 7) is 0.896. The summed E-state index contributed by atoms with van der Waals surface area (Å²) in [5.74, 6) is 1.26. The minimum Gasteiger partial charge on any atom is -0.480 e. The Labute approximate surface area is 222 Å². The SMILES string of the molecule is COc1ncccc1C(=O)N1CCCC1COc1cccc(NC(=O)Nc2csc(-c3ccncc3)n2)n1. The predicted molar refractivity (Wildman–Crippen MR) is 143 cm³/mol. The van der Waals surface area contributed by atoms with Gasteiger partial charge in [-0.2, -0.15) is 4.98 Å². The highest BCUT2D eigenvalue weighted by Gasteiger charge is 2.31. The number of carbonyl (C=O) groups excluding carboxylic acids is 2. The van der Waals surface area contributed by atoms with Gasteiger partial charge in [-0.25, -0.2) is 14.8 Å². The van der Waals surface area contributed by atoms with Crippen LogP contribution in [0.5, 0.6) is 11.8 Å². The van der Waals surface area contributed by atoms with Gasteiger partial charge in [0.05, 0.1) is 13.2 Å². The third-order valence-corrected chi connectivity index (χ3v) is 6.79. The largest absolute Gasteiger partial charge is 0.480 e. The predicted octanol–water partition coefficient (Wildman–Crippen LogP) is 4.33. The number of nitrogens with one attached hydrogen (secondary N) is 2. The van der Waals surface area contributed by atoms with E-state index in [1.165, 1.54) is 18.4 Å². The molecule has 0 aromatic carbocycles. The lowest BCUT2D eigenvalue weighted by Crippen LogP contribution is -2.39. The van der Waals surface area contributed by atoms with Gasteiger partial charge in [-0.15, -0.1) is 11.3 Å². The monoisotopic (exact) mass is 531 g/mol. The number of anilines is 2. The summed E-state index contributed by atoms with van der Waals surface area (Å²) in [5, 5.41) is 7.95. The summed E-state index contributed by atoms with van der Waals surface area (Å²) in [5.41, 5.74) is 1.34. The van der Waals surface area contributed by atoms with Crippen molar-refractivity contribution in [1.29, 1.82) is 0 Å². The molecule has 38 heavy (non-hydrogen) atoms. The molecule has 0 radical (unpaired) electrons. The highest BCUT2D eigenvalue weighted by Crippen LogP contribution is 2.26. The lowest BCUT2D eigenvalue weighted by molar-refractivity contribution is 0.0685. The Hall–Kier alpha value is -4.58. The molecule has 1 fully saturated rings. The number of ether oxygens (including phenoxy) is 2. The van der Waals surface area contributed by atoms with Crippen molar-refractivity contribution in [2.75, 3.05) is 30.9 Å². The lowest BCUT2D eigenvalue weighted by Gasteiger charge is -2.25. The lowest BCUT2D eigenvalue weighted by atomic mass is 10.2. The van der Waals surface area contributed by atoms with Crippen molar-refractivity contribution in [3.8, 4) is 22.3 Å². The van der Waals surface area contributed by atoms with Crippen LogP contribution in [0.3, 0.4) is 0 Å². The molecule has 1 unspecified atom stereocenters. The number of pyridine rings is 3. The zero-order valence-electron chi connectivity index (χ0n) is 20.5. The first-order chi connectivity index (χ1) is 18.6. The summed E-state index contributed by atoms with van der Waals surface area (Å²) in [4.78, 5) is 44.3. The number of methoxy groups -OCH3 is 1. The van der Waals surface area contributed by atoms with E-state index in [2.05, 4.69) is 30.6 Å². The smallest absolute Gasteiger partial charge is 0.326 e.